The molecule has 0 aliphatic heterocycles. The van der Waals surface area contributed by atoms with Crippen molar-refractivity contribution in [1.82, 2.24) is 9.78 Å². The molecule has 0 fully saturated rings. The molecule has 2 N–H and O–H groups in total. The predicted molar refractivity (Wildman–Crippen MR) is 70.0 cm³/mol. The van der Waals surface area contributed by atoms with Gasteiger partial charge in [0.15, 0.2) is 0 Å². The summed E-state index contributed by atoms with van der Waals surface area (Å²) in [5.74, 6) is 0. The Balaban J connectivity index is 2.83. The van der Waals surface area contributed by atoms with E-state index in [0.29, 0.717) is 0 Å². The van der Waals surface area contributed by atoms with Gasteiger partial charge in [-0.3, -0.25) is 4.68 Å². The molecule has 0 radical (unpaired) electrons. The zero-order valence-electron chi connectivity index (χ0n) is 11.9. The molecule has 1 unspecified atom stereocenters. The number of nitrogens with zero attached hydrogens (tertiary/aromatic N) is 2. The highest BCUT2D eigenvalue weighted by atomic mass is 16.5. The molecule has 4 heteroatoms. The Labute approximate surface area is 104 Å². The largest absolute Gasteiger partial charge is 0.379 e. The van der Waals surface area contributed by atoms with Gasteiger partial charge < -0.3 is 10.5 Å². The molecular weight excluding hydrogens is 214 g/mol. The average molecular weight is 239 g/mol. The summed E-state index contributed by atoms with van der Waals surface area (Å²) in [7, 11) is 1.74. The molecule has 0 amide bonds. The maximum Gasteiger partial charge on any atom is 0.0644 e. The highest BCUT2D eigenvalue weighted by molar-refractivity contribution is 5.27. The number of hydrogen-bond donors (Lipinski definition) is 1. The van der Waals surface area contributed by atoms with Crippen LogP contribution in [0.15, 0.2) is 0 Å². The summed E-state index contributed by atoms with van der Waals surface area (Å²) >= 11 is 0. The van der Waals surface area contributed by atoms with E-state index in [4.69, 9.17) is 10.5 Å². The fourth-order valence-corrected chi connectivity index (χ4v) is 2.06. The molecule has 0 saturated heterocycles. The Bertz CT molecular complexity index is 380. The van der Waals surface area contributed by atoms with Crippen molar-refractivity contribution in [3.8, 4) is 0 Å². The van der Waals surface area contributed by atoms with Gasteiger partial charge in [-0.25, -0.2) is 0 Å². The van der Waals surface area contributed by atoms with E-state index in [1.165, 1.54) is 11.3 Å². The third-order valence-electron chi connectivity index (χ3n) is 3.37. The van der Waals surface area contributed by atoms with E-state index in [1.807, 2.05) is 18.5 Å². The molecule has 0 spiro atoms. The minimum Gasteiger partial charge on any atom is -0.379 e. The van der Waals surface area contributed by atoms with Crippen LogP contribution in [0.4, 0.5) is 0 Å². The molecule has 17 heavy (non-hydrogen) atoms. The van der Waals surface area contributed by atoms with Crippen LogP contribution in [-0.4, -0.2) is 22.5 Å². The number of rotatable bonds is 5. The number of aromatic nitrogens is 2. The fraction of sp³-hybridized carbons (Fsp3) is 0.769. The topological polar surface area (TPSA) is 53.1 Å². The lowest BCUT2D eigenvalue weighted by molar-refractivity contribution is 0.0112. The highest BCUT2D eigenvalue weighted by Gasteiger charge is 2.19. The van der Waals surface area contributed by atoms with E-state index in [1.54, 1.807) is 7.11 Å². The summed E-state index contributed by atoms with van der Waals surface area (Å²) in [5.41, 5.74) is 9.22. The maximum atomic E-state index is 5.96. The first kappa shape index (κ1) is 14.2. The molecule has 0 aromatic carbocycles. The third kappa shape index (κ3) is 3.30. The Morgan fingerprint density at radius 2 is 2.00 bits per heavy atom. The Kier molecular flexibility index (Phi) is 4.33. The van der Waals surface area contributed by atoms with Gasteiger partial charge in [-0.15, -0.1) is 0 Å². The van der Waals surface area contributed by atoms with E-state index in [-0.39, 0.29) is 11.6 Å². The van der Waals surface area contributed by atoms with Gasteiger partial charge in [0.05, 0.1) is 11.3 Å². The molecule has 0 aliphatic carbocycles. The van der Waals surface area contributed by atoms with Crippen LogP contribution in [-0.2, 0) is 11.3 Å². The highest BCUT2D eigenvalue weighted by Crippen LogP contribution is 2.21. The zero-order valence-corrected chi connectivity index (χ0v) is 11.9. The molecule has 1 atom stereocenters. The first-order valence-electron chi connectivity index (χ1n) is 6.13. The van der Waals surface area contributed by atoms with Gasteiger partial charge in [-0.2, -0.15) is 5.10 Å². The normalized spacial score (nSPS) is 14.1. The molecule has 1 rings (SSSR count). The van der Waals surface area contributed by atoms with E-state index < -0.39 is 0 Å². The average Bonchev–Trinajstić information content (AvgIpc) is 2.51. The maximum absolute atomic E-state index is 5.96. The molecule has 0 saturated carbocycles. The second kappa shape index (κ2) is 5.19. The summed E-state index contributed by atoms with van der Waals surface area (Å²) < 4.78 is 7.45. The minimum atomic E-state index is -0.110. The van der Waals surface area contributed by atoms with Crippen molar-refractivity contribution in [2.24, 2.45) is 5.73 Å². The van der Waals surface area contributed by atoms with Crippen molar-refractivity contribution in [1.29, 1.82) is 0 Å². The van der Waals surface area contributed by atoms with E-state index in [9.17, 15) is 0 Å². The van der Waals surface area contributed by atoms with Crippen LogP contribution in [0.1, 0.15) is 50.2 Å². The van der Waals surface area contributed by atoms with Crippen LogP contribution >= 0.6 is 0 Å². The van der Waals surface area contributed by atoms with Crippen LogP contribution in [0.3, 0.4) is 0 Å². The van der Waals surface area contributed by atoms with Crippen LogP contribution in [0, 0.1) is 13.8 Å². The second-order valence-corrected chi connectivity index (χ2v) is 5.31. The molecule has 1 aromatic heterocycles. The van der Waals surface area contributed by atoms with E-state index in [0.717, 1.165) is 18.7 Å². The van der Waals surface area contributed by atoms with Crippen molar-refractivity contribution < 1.29 is 4.74 Å². The summed E-state index contributed by atoms with van der Waals surface area (Å²) in [4.78, 5) is 0. The van der Waals surface area contributed by atoms with Crippen molar-refractivity contribution in [3.63, 3.8) is 0 Å². The van der Waals surface area contributed by atoms with E-state index in [2.05, 4.69) is 25.9 Å². The van der Waals surface area contributed by atoms with Gasteiger partial charge in [0.2, 0.25) is 0 Å². The molecule has 98 valence electrons. The van der Waals surface area contributed by atoms with Gasteiger partial charge in [-0.05, 0) is 41.0 Å². The first-order valence-corrected chi connectivity index (χ1v) is 6.13. The van der Waals surface area contributed by atoms with Gasteiger partial charge in [0.25, 0.3) is 0 Å². The SMILES string of the molecule is COC(C)(C)CCn1nc(C)c(C(C)N)c1C. The van der Waals surface area contributed by atoms with Crippen molar-refractivity contribution in [3.05, 3.63) is 17.0 Å². The van der Waals surface area contributed by atoms with Crippen LogP contribution in [0.25, 0.3) is 0 Å². The van der Waals surface area contributed by atoms with Gasteiger partial charge >= 0.3 is 0 Å². The number of aryl methyl sites for hydroxylation is 2. The summed E-state index contributed by atoms with van der Waals surface area (Å²) in [6.45, 7) is 11.1. The van der Waals surface area contributed by atoms with Crippen molar-refractivity contribution in [2.75, 3.05) is 7.11 Å². The summed E-state index contributed by atoms with van der Waals surface area (Å²) in [6.07, 6.45) is 0.934. The van der Waals surface area contributed by atoms with Crippen molar-refractivity contribution >= 4 is 0 Å². The fourth-order valence-electron chi connectivity index (χ4n) is 2.06. The lowest BCUT2D eigenvalue weighted by Crippen LogP contribution is -2.25. The number of hydrogen-bond acceptors (Lipinski definition) is 3. The van der Waals surface area contributed by atoms with Crippen LogP contribution in [0.5, 0.6) is 0 Å². The minimum absolute atomic E-state index is 0.0409. The first-order chi connectivity index (χ1) is 7.78. The molecule has 4 nitrogen and oxygen atoms in total. The zero-order chi connectivity index (χ0) is 13.2. The van der Waals surface area contributed by atoms with E-state index >= 15 is 0 Å². The lowest BCUT2D eigenvalue weighted by Gasteiger charge is -2.22. The Hall–Kier alpha value is -0.870. The van der Waals surface area contributed by atoms with Crippen molar-refractivity contribution in [2.45, 2.75) is 59.2 Å². The lowest BCUT2D eigenvalue weighted by atomic mass is 10.1. The Morgan fingerprint density at radius 3 is 2.41 bits per heavy atom. The molecule has 1 aromatic rings. The molecule has 0 aliphatic rings. The monoisotopic (exact) mass is 239 g/mol. The summed E-state index contributed by atoms with van der Waals surface area (Å²) in [5, 5.41) is 4.55. The smallest absolute Gasteiger partial charge is 0.0644 e. The quantitative estimate of drug-likeness (QED) is 0.858. The number of methoxy groups -OCH3 is 1. The predicted octanol–water partition coefficient (Wildman–Crippen LogP) is 2.33. The van der Waals surface area contributed by atoms with Crippen LogP contribution in [0.2, 0.25) is 0 Å². The third-order valence-corrected chi connectivity index (χ3v) is 3.37. The molecule has 0 bridgehead atoms. The second-order valence-electron chi connectivity index (χ2n) is 5.31. The molecule has 1 heterocycles. The van der Waals surface area contributed by atoms with Gasteiger partial charge in [0, 0.05) is 31.0 Å². The Morgan fingerprint density at radius 1 is 1.41 bits per heavy atom. The number of ether oxygens (including phenoxy) is 1. The van der Waals surface area contributed by atoms with Gasteiger partial charge in [-0.1, -0.05) is 0 Å². The summed E-state index contributed by atoms with van der Waals surface area (Å²) in [6, 6.07) is 0.0409. The standard InChI is InChI=1S/C13H25N3O/c1-9(14)12-10(2)15-16(11(12)3)8-7-13(4,5)17-6/h9H,7-8,14H2,1-6H3. The number of nitrogens with two attached hydrogens (primary N) is 1. The van der Waals surface area contributed by atoms with Crippen LogP contribution < -0.4 is 5.73 Å². The van der Waals surface area contributed by atoms with Gasteiger partial charge in [0.1, 0.15) is 0 Å². The molecular formula is C13H25N3O.